The number of nitrogens with zero attached hydrogens (tertiary/aromatic N) is 1. The van der Waals surface area contributed by atoms with Gasteiger partial charge in [-0.15, -0.1) is 0 Å². The van der Waals surface area contributed by atoms with E-state index in [0.29, 0.717) is 5.76 Å². The molecule has 0 aromatic heterocycles. The molecule has 0 saturated carbocycles. The molecule has 1 aliphatic heterocycles. The molecular weight excluding hydrogens is 449 g/mol. The van der Waals surface area contributed by atoms with Crippen molar-refractivity contribution < 1.29 is 27.7 Å². The Bertz CT molecular complexity index is 1060. The third-order valence-electron chi connectivity index (χ3n) is 4.37. The van der Waals surface area contributed by atoms with Crippen molar-refractivity contribution in [3.63, 3.8) is 0 Å². The molecule has 2 atom stereocenters. The molecule has 2 rings (SSSR count). The smallest absolute Gasteiger partial charge is 0.408 e. The first-order valence-corrected chi connectivity index (χ1v) is 11.6. The van der Waals surface area contributed by atoms with Crippen LogP contribution in [0.5, 0.6) is 0 Å². The third kappa shape index (κ3) is 6.76. The van der Waals surface area contributed by atoms with Gasteiger partial charge in [0.2, 0.25) is 11.8 Å². The molecule has 0 saturated heterocycles. The van der Waals surface area contributed by atoms with E-state index in [1.54, 1.807) is 20.8 Å². The van der Waals surface area contributed by atoms with Gasteiger partial charge in [-0.05, 0) is 32.9 Å². The van der Waals surface area contributed by atoms with Crippen LogP contribution in [-0.2, 0) is 25.1 Å². The Hall–Kier alpha value is -2.97. The zero-order chi connectivity index (χ0) is 25.1. The molecule has 10 heteroatoms. The molecule has 2 amide bonds. The number of carbonyl (C=O) groups is 2. The molecule has 8 nitrogen and oxygen atoms in total. The molecule has 1 unspecified atom stereocenters. The summed E-state index contributed by atoms with van der Waals surface area (Å²) in [7, 11) is -0.353. The van der Waals surface area contributed by atoms with Crippen LogP contribution in [0.25, 0.3) is 0 Å². The molecule has 1 aliphatic rings. The fourth-order valence-electron chi connectivity index (χ4n) is 2.87. The second-order valence-electron chi connectivity index (χ2n) is 9.42. The zero-order valence-corrected chi connectivity index (χ0v) is 20.7. The largest absolute Gasteiger partial charge is 0.444 e. The summed E-state index contributed by atoms with van der Waals surface area (Å²) in [5, 5.41) is 5.02. The topological polar surface area (TPSA) is 106 Å². The second kappa shape index (κ2) is 9.89. The number of allylic oxidation sites excluding steroid dienone is 1. The van der Waals surface area contributed by atoms with Gasteiger partial charge >= 0.3 is 6.09 Å². The Kier molecular flexibility index (Phi) is 7.87. The molecule has 0 radical (unpaired) electrons. The molecule has 1 heterocycles. The van der Waals surface area contributed by atoms with Crippen molar-refractivity contribution in [3.05, 3.63) is 41.6 Å². The summed E-state index contributed by atoms with van der Waals surface area (Å²) in [6.45, 7) is 14.3. The lowest BCUT2D eigenvalue weighted by atomic mass is 9.94. The standard InChI is InChI=1S/C23H30FN3O5S/c1-9-18(22(2,3)4)31-20(25-8)13-10-15-17(11-14(13)24)33(30)12-16(19(28)26-15)27-21(29)32-23(5,6)7/h10-11,16H,1,12H2,2-8H3,(H,26,28)(H,27,29)/t16-,33?/m0/s1. The minimum absolute atomic E-state index is 0.0379. The highest BCUT2D eigenvalue weighted by Crippen LogP contribution is 2.30. The number of hydrogen-bond donors (Lipinski definition) is 2. The Labute approximate surface area is 195 Å². The zero-order valence-electron chi connectivity index (χ0n) is 19.9. The van der Waals surface area contributed by atoms with Crippen LogP contribution >= 0.6 is 0 Å². The SMILES string of the molecule is C=C=C(OC(=NC)c1cc2c(cc1F)S(=O)C[C@H](NC(=O)OC(C)(C)C)C(=O)N2)C(C)(C)C. The summed E-state index contributed by atoms with van der Waals surface area (Å²) in [5.41, 5.74) is 1.55. The van der Waals surface area contributed by atoms with E-state index in [9.17, 15) is 13.8 Å². The number of rotatable bonds is 3. The molecule has 0 spiro atoms. The number of amides is 2. The lowest BCUT2D eigenvalue weighted by molar-refractivity contribution is -0.117. The van der Waals surface area contributed by atoms with E-state index in [0.717, 1.165) is 6.07 Å². The monoisotopic (exact) mass is 479 g/mol. The Morgan fingerprint density at radius 2 is 1.94 bits per heavy atom. The van der Waals surface area contributed by atoms with E-state index in [1.807, 2.05) is 20.8 Å². The fraction of sp³-hybridized carbons (Fsp3) is 0.478. The van der Waals surface area contributed by atoms with E-state index in [4.69, 9.17) is 9.47 Å². The van der Waals surface area contributed by atoms with E-state index in [1.165, 1.54) is 13.1 Å². The van der Waals surface area contributed by atoms with Crippen molar-refractivity contribution in [1.82, 2.24) is 5.32 Å². The number of fused-ring (bicyclic) bond motifs is 1. The predicted octanol–water partition coefficient (Wildman–Crippen LogP) is 3.89. The van der Waals surface area contributed by atoms with Gasteiger partial charge in [-0.1, -0.05) is 33.1 Å². The number of halogens is 1. The van der Waals surface area contributed by atoms with Crippen LogP contribution in [0.1, 0.15) is 47.1 Å². The molecule has 33 heavy (non-hydrogen) atoms. The average molecular weight is 480 g/mol. The number of hydrogen-bond acceptors (Lipinski definition) is 6. The number of alkyl carbamates (subject to hydrolysis) is 1. The van der Waals surface area contributed by atoms with Crippen molar-refractivity contribution in [1.29, 1.82) is 0 Å². The summed E-state index contributed by atoms with van der Waals surface area (Å²) in [6.07, 6.45) is -0.822. The second-order valence-corrected chi connectivity index (χ2v) is 10.9. The number of anilines is 1. The van der Waals surface area contributed by atoms with Crippen LogP contribution in [0.2, 0.25) is 0 Å². The molecule has 1 aromatic rings. The number of benzene rings is 1. The van der Waals surface area contributed by atoms with E-state index >= 15 is 4.39 Å². The summed E-state index contributed by atoms with van der Waals surface area (Å²) in [4.78, 5) is 28.9. The van der Waals surface area contributed by atoms with Crippen molar-refractivity contribution in [3.8, 4) is 0 Å². The van der Waals surface area contributed by atoms with Crippen LogP contribution in [0.15, 0.2) is 40.1 Å². The van der Waals surface area contributed by atoms with Crippen LogP contribution < -0.4 is 10.6 Å². The Morgan fingerprint density at radius 1 is 1.30 bits per heavy atom. The predicted molar refractivity (Wildman–Crippen MR) is 125 cm³/mol. The number of carbonyl (C=O) groups excluding carboxylic acids is 2. The van der Waals surface area contributed by atoms with Gasteiger partial charge in [0, 0.05) is 12.5 Å². The van der Waals surface area contributed by atoms with Gasteiger partial charge in [0.05, 0.1) is 32.7 Å². The van der Waals surface area contributed by atoms with Gasteiger partial charge in [-0.2, -0.15) is 0 Å². The molecule has 0 aliphatic carbocycles. The van der Waals surface area contributed by atoms with E-state index in [-0.39, 0.29) is 27.8 Å². The highest BCUT2D eigenvalue weighted by Gasteiger charge is 2.32. The third-order valence-corrected chi connectivity index (χ3v) is 5.84. The van der Waals surface area contributed by atoms with Crippen LogP contribution in [0, 0.1) is 11.2 Å². The minimum atomic E-state index is -1.78. The first kappa shape index (κ1) is 26.3. The number of nitrogens with one attached hydrogen (secondary N) is 2. The van der Waals surface area contributed by atoms with Crippen LogP contribution in [0.4, 0.5) is 14.9 Å². The average Bonchev–Trinajstić information content (AvgIpc) is 2.77. The lowest BCUT2D eigenvalue weighted by Crippen LogP contribution is -2.47. The summed E-state index contributed by atoms with van der Waals surface area (Å²) >= 11 is 0. The molecule has 0 fully saturated rings. The van der Waals surface area contributed by atoms with Crippen molar-refractivity contribution in [2.75, 3.05) is 18.1 Å². The van der Waals surface area contributed by atoms with Crippen LogP contribution in [0.3, 0.4) is 0 Å². The van der Waals surface area contributed by atoms with Crippen LogP contribution in [-0.4, -0.2) is 46.6 Å². The fourth-order valence-corrected chi connectivity index (χ4v) is 4.18. The quantitative estimate of drug-likeness (QED) is 0.296. The maximum absolute atomic E-state index is 15.0. The van der Waals surface area contributed by atoms with Crippen molar-refractivity contribution in [2.24, 2.45) is 10.4 Å². The first-order valence-electron chi connectivity index (χ1n) is 10.2. The Balaban J connectivity index is 2.37. The number of aliphatic imine (C=N–C) groups is 1. The summed E-state index contributed by atoms with van der Waals surface area (Å²) < 4.78 is 38.8. The maximum atomic E-state index is 15.0. The highest BCUT2D eigenvalue weighted by molar-refractivity contribution is 7.85. The molecular formula is C23H30FN3O5S. The normalized spacial score (nSPS) is 18.9. The van der Waals surface area contributed by atoms with Gasteiger partial charge in [0.1, 0.15) is 17.5 Å². The summed E-state index contributed by atoms with van der Waals surface area (Å²) in [5.74, 6) is -1.28. The van der Waals surface area contributed by atoms with E-state index < -0.39 is 45.7 Å². The van der Waals surface area contributed by atoms with Gasteiger partial charge in [0.25, 0.3) is 0 Å². The van der Waals surface area contributed by atoms with Crippen molar-refractivity contribution in [2.45, 2.75) is 58.1 Å². The Morgan fingerprint density at radius 3 is 2.45 bits per heavy atom. The number of ether oxygens (including phenoxy) is 2. The summed E-state index contributed by atoms with van der Waals surface area (Å²) in [6, 6.07) is 1.24. The minimum Gasteiger partial charge on any atom is -0.444 e. The van der Waals surface area contributed by atoms with Crippen molar-refractivity contribution >= 4 is 34.4 Å². The first-order chi connectivity index (χ1) is 15.2. The van der Waals surface area contributed by atoms with Gasteiger partial charge < -0.3 is 20.1 Å². The molecule has 180 valence electrons. The van der Waals surface area contributed by atoms with Gasteiger partial charge in [0.15, 0.2) is 5.76 Å². The molecule has 1 aromatic carbocycles. The molecule has 2 N–H and O–H groups in total. The van der Waals surface area contributed by atoms with Gasteiger partial charge in [-0.25, -0.2) is 9.18 Å². The lowest BCUT2D eigenvalue weighted by Gasteiger charge is -2.22. The maximum Gasteiger partial charge on any atom is 0.408 e. The van der Waals surface area contributed by atoms with E-state index in [2.05, 4.69) is 27.9 Å². The molecule has 0 bridgehead atoms. The highest BCUT2D eigenvalue weighted by atomic mass is 32.2. The van der Waals surface area contributed by atoms with Gasteiger partial charge in [-0.3, -0.25) is 14.0 Å².